The zero-order valence-electron chi connectivity index (χ0n) is 11.8. The topological polar surface area (TPSA) is 12.4 Å². The molecule has 0 bridgehead atoms. The van der Waals surface area contributed by atoms with Crippen LogP contribution in [0, 0.1) is 5.41 Å². The van der Waals surface area contributed by atoms with Gasteiger partial charge in [-0.2, -0.15) is 0 Å². The number of rotatable bonds is 4. The third-order valence-corrected chi connectivity index (χ3v) is 3.56. The van der Waals surface area contributed by atoms with Crippen LogP contribution in [0.2, 0.25) is 0 Å². The van der Waals surface area contributed by atoms with E-state index in [2.05, 4.69) is 74.5 Å². The van der Waals surface area contributed by atoms with Crippen molar-refractivity contribution >= 4 is 27.3 Å². The highest BCUT2D eigenvalue weighted by molar-refractivity contribution is 9.08. The molecule has 1 nitrogen and oxygen atoms in total. The molecule has 1 aromatic carbocycles. The molecule has 1 rings (SSSR count). The van der Waals surface area contributed by atoms with Crippen LogP contribution in [0.15, 0.2) is 35.8 Å². The van der Waals surface area contributed by atoms with Gasteiger partial charge in [0.2, 0.25) is 0 Å². The van der Waals surface area contributed by atoms with E-state index in [1.807, 2.05) is 0 Å². The molecule has 0 unspecified atom stereocenters. The number of hydrogen-bond donors (Lipinski definition) is 0. The molecular formula is C16H22BrN. The summed E-state index contributed by atoms with van der Waals surface area (Å²) in [5, 5.41) is 0.880. The quantitative estimate of drug-likeness (QED) is 0.518. The molecular weight excluding hydrogens is 286 g/mol. The van der Waals surface area contributed by atoms with Gasteiger partial charge in [0.1, 0.15) is 0 Å². The van der Waals surface area contributed by atoms with Crippen LogP contribution in [0.25, 0.3) is 5.70 Å². The number of nitrogens with zero attached hydrogens (tertiary/aromatic N) is 1. The van der Waals surface area contributed by atoms with Crippen molar-refractivity contribution < 1.29 is 0 Å². The number of aliphatic imine (C=N–C) groups is 1. The lowest BCUT2D eigenvalue weighted by molar-refractivity contribution is 0.580. The Hall–Kier alpha value is -0.890. The average molecular weight is 308 g/mol. The first-order chi connectivity index (χ1) is 8.38. The van der Waals surface area contributed by atoms with Crippen LogP contribution in [-0.2, 0) is 5.33 Å². The fraction of sp³-hybridized carbons (Fsp3) is 0.438. The highest BCUT2D eigenvalue weighted by atomic mass is 79.9. The van der Waals surface area contributed by atoms with E-state index in [4.69, 9.17) is 4.99 Å². The molecule has 0 N–H and O–H groups in total. The van der Waals surface area contributed by atoms with Gasteiger partial charge in [0.05, 0.1) is 5.70 Å². The minimum absolute atomic E-state index is 0.105. The standard InChI is InChI=1S/C16H22BrN/c1-6-15(16(3,4)5)18-12(2)14-9-7-13(11-17)8-10-14/h7-10H,2,6,11H2,1,3-5H3. The molecule has 0 heterocycles. The van der Waals surface area contributed by atoms with Crippen molar-refractivity contribution in [3.8, 4) is 0 Å². The SMILES string of the molecule is C=C(N=C(CC)C(C)(C)C)c1ccc(CBr)cc1. The van der Waals surface area contributed by atoms with E-state index in [0.717, 1.165) is 23.0 Å². The number of benzene rings is 1. The lowest BCUT2D eigenvalue weighted by Gasteiger charge is -2.21. The lowest BCUT2D eigenvalue weighted by Crippen LogP contribution is -2.19. The zero-order valence-corrected chi connectivity index (χ0v) is 13.3. The highest BCUT2D eigenvalue weighted by Crippen LogP contribution is 2.23. The molecule has 0 spiro atoms. The molecule has 0 aliphatic rings. The molecule has 18 heavy (non-hydrogen) atoms. The van der Waals surface area contributed by atoms with E-state index in [1.54, 1.807) is 0 Å². The maximum atomic E-state index is 4.70. The van der Waals surface area contributed by atoms with Crippen molar-refractivity contribution in [3.05, 3.63) is 42.0 Å². The third-order valence-electron chi connectivity index (χ3n) is 2.91. The van der Waals surface area contributed by atoms with Crippen molar-refractivity contribution in [3.63, 3.8) is 0 Å². The second-order valence-corrected chi connectivity index (χ2v) is 6.00. The molecule has 0 atom stereocenters. The van der Waals surface area contributed by atoms with Crippen LogP contribution in [0.4, 0.5) is 0 Å². The molecule has 0 fully saturated rings. The molecule has 0 amide bonds. The predicted octanol–water partition coefficient (Wildman–Crippen LogP) is 5.45. The lowest BCUT2D eigenvalue weighted by atomic mass is 9.88. The van der Waals surface area contributed by atoms with Crippen LogP contribution < -0.4 is 0 Å². The fourth-order valence-electron chi connectivity index (χ4n) is 1.79. The third kappa shape index (κ3) is 4.09. The molecule has 0 radical (unpaired) electrons. The molecule has 0 aliphatic heterocycles. The van der Waals surface area contributed by atoms with Gasteiger partial charge in [-0.25, -0.2) is 0 Å². The Morgan fingerprint density at radius 3 is 2.17 bits per heavy atom. The van der Waals surface area contributed by atoms with E-state index in [1.165, 1.54) is 11.3 Å². The van der Waals surface area contributed by atoms with E-state index in [0.29, 0.717) is 0 Å². The summed E-state index contributed by atoms with van der Waals surface area (Å²) in [6.45, 7) is 12.8. The van der Waals surface area contributed by atoms with Gasteiger partial charge in [0.25, 0.3) is 0 Å². The van der Waals surface area contributed by atoms with Gasteiger partial charge in [0, 0.05) is 16.5 Å². The Kier molecular flexibility index (Phi) is 5.33. The number of hydrogen-bond acceptors (Lipinski definition) is 1. The van der Waals surface area contributed by atoms with Crippen molar-refractivity contribution in [2.24, 2.45) is 10.4 Å². The van der Waals surface area contributed by atoms with Gasteiger partial charge in [-0.1, -0.05) is 74.5 Å². The minimum Gasteiger partial charge on any atom is -0.257 e. The molecule has 2 heteroatoms. The largest absolute Gasteiger partial charge is 0.257 e. The summed E-state index contributed by atoms with van der Waals surface area (Å²) in [4.78, 5) is 4.70. The Bertz CT molecular complexity index is 435. The van der Waals surface area contributed by atoms with Gasteiger partial charge < -0.3 is 0 Å². The molecule has 0 saturated carbocycles. The zero-order chi connectivity index (χ0) is 13.8. The van der Waals surface area contributed by atoms with Crippen molar-refractivity contribution in [1.29, 1.82) is 0 Å². The maximum Gasteiger partial charge on any atom is 0.0629 e. The summed E-state index contributed by atoms with van der Waals surface area (Å²) >= 11 is 3.45. The molecule has 0 aromatic heterocycles. The van der Waals surface area contributed by atoms with Crippen molar-refractivity contribution in [1.82, 2.24) is 0 Å². The Labute approximate surface area is 119 Å². The summed E-state index contributed by atoms with van der Waals surface area (Å²) in [7, 11) is 0. The predicted molar refractivity (Wildman–Crippen MR) is 85.3 cm³/mol. The Morgan fingerprint density at radius 2 is 1.78 bits per heavy atom. The first-order valence-electron chi connectivity index (χ1n) is 6.30. The highest BCUT2D eigenvalue weighted by Gasteiger charge is 2.17. The van der Waals surface area contributed by atoms with E-state index in [9.17, 15) is 0 Å². The van der Waals surface area contributed by atoms with E-state index >= 15 is 0 Å². The van der Waals surface area contributed by atoms with Gasteiger partial charge in [0.15, 0.2) is 0 Å². The molecule has 1 aromatic rings. The normalized spacial score (nSPS) is 12.6. The van der Waals surface area contributed by atoms with Crippen LogP contribution in [0.1, 0.15) is 45.2 Å². The fourth-order valence-corrected chi connectivity index (χ4v) is 2.16. The monoisotopic (exact) mass is 307 g/mol. The number of halogens is 1. The van der Waals surface area contributed by atoms with Gasteiger partial charge >= 0.3 is 0 Å². The summed E-state index contributed by atoms with van der Waals surface area (Å²) in [6.07, 6.45) is 0.960. The minimum atomic E-state index is 0.105. The van der Waals surface area contributed by atoms with E-state index in [-0.39, 0.29) is 5.41 Å². The van der Waals surface area contributed by atoms with Gasteiger partial charge in [-0.05, 0) is 17.5 Å². The van der Waals surface area contributed by atoms with Crippen molar-refractivity contribution in [2.45, 2.75) is 39.4 Å². The van der Waals surface area contributed by atoms with Gasteiger partial charge in [-0.15, -0.1) is 0 Å². The second-order valence-electron chi connectivity index (χ2n) is 5.44. The molecule has 98 valence electrons. The smallest absolute Gasteiger partial charge is 0.0629 e. The van der Waals surface area contributed by atoms with Gasteiger partial charge in [-0.3, -0.25) is 4.99 Å². The maximum absolute atomic E-state index is 4.70. The second kappa shape index (κ2) is 6.33. The average Bonchev–Trinajstić information content (AvgIpc) is 2.34. The molecule has 0 saturated heterocycles. The summed E-state index contributed by atoms with van der Waals surface area (Å²) in [5.41, 5.74) is 4.50. The van der Waals surface area contributed by atoms with Crippen LogP contribution in [0.5, 0.6) is 0 Å². The van der Waals surface area contributed by atoms with Crippen LogP contribution in [-0.4, -0.2) is 5.71 Å². The first-order valence-corrected chi connectivity index (χ1v) is 7.43. The summed E-state index contributed by atoms with van der Waals surface area (Å²) in [6, 6.07) is 8.37. The van der Waals surface area contributed by atoms with Crippen LogP contribution >= 0.6 is 15.9 Å². The Morgan fingerprint density at radius 1 is 1.22 bits per heavy atom. The van der Waals surface area contributed by atoms with E-state index < -0.39 is 0 Å². The summed E-state index contributed by atoms with van der Waals surface area (Å²) < 4.78 is 0. The number of alkyl halides is 1. The molecule has 0 aliphatic carbocycles. The summed E-state index contributed by atoms with van der Waals surface area (Å²) in [5.74, 6) is 0. The van der Waals surface area contributed by atoms with Crippen molar-refractivity contribution in [2.75, 3.05) is 0 Å². The Balaban J connectivity index is 2.96. The van der Waals surface area contributed by atoms with Crippen LogP contribution in [0.3, 0.4) is 0 Å². The first kappa shape index (κ1) is 15.2.